The molecular weight excluding hydrogens is 214 g/mol. The summed E-state index contributed by atoms with van der Waals surface area (Å²) in [7, 11) is 0. The summed E-state index contributed by atoms with van der Waals surface area (Å²) < 4.78 is 5.54. The minimum Gasteiger partial charge on any atom is -0.365 e. The maximum atomic E-state index is 12.1. The Bertz CT molecular complexity index is 247. The van der Waals surface area contributed by atoms with E-state index in [0.717, 1.165) is 19.4 Å². The zero-order valence-corrected chi connectivity index (χ0v) is 11.9. The fraction of sp³-hybridized carbons (Fsp3) is 0.929. The average molecular weight is 241 g/mol. The van der Waals surface area contributed by atoms with Crippen molar-refractivity contribution < 1.29 is 9.53 Å². The van der Waals surface area contributed by atoms with Gasteiger partial charge in [0.05, 0.1) is 0 Å². The van der Waals surface area contributed by atoms with Crippen LogP contribution < -0.4 is 5.32 Å². The second-order valence-corrected chi connectivity index (χ2v) is 6.04. The van der Waals surface area contributed by atoms with Gasteiger partial charge in [-0.05, 0) is 37.5 Å². The Labute approximate surface area is 105 Å². The van der Waals surface area contributed by atoms with E-state index in [0.29, 0.717) is 24.4 Å². The lowest BCUT2D eigenvalue weighted by Gasteiger charge is -2.28. The maximum Gasteiger partial charge on any atom is 0.251 e. The molecule has 1 rings (SSSR count). The number of rotatable bonds is 5. The SMILES string of the molecule is CC(C)C(CNC(=O)C1(C)CCCO1)C(C)C. The van der Waals surface area contributed by atoms with Gasteiger partial charge >= 0.3 is 0 Å². The zero-order valence-electron chi connectivity index (χ0n) is 11.9. The van der Waals surface area contributed by atoms with E-state index in [1.54, 1.807) is 0 Å². The molecule has 1 aliphatic heterocycles. The fourth-order valence-corrected chi connectivity index (χ4v) is 2.60. The Morgan fingerprint density at radius 3 is 2.29 bits per heavy atom. The minimum atomic E-state index is -0.585. The standard InChI is InChI=1S/C14H27NO2/c1-10(2)12(11(3)4)9-15-13(16)14(5)7-6-8-17-14/h10-12H,6-9H2,1-5H3,(H,15,16). The smallest absolute Gasteiger partial charge is 0.251 e. The van der Waals surface area contributed by atoms with E-state index in [4.69, 9.17) is 4.74 Å². The van der Waals surface area contributed by atoms with Gasteiger partial charge in [-0.2, -0.15) is 0 Å². The first-order valence-corrected chi connectivity index (χ1v) is 6.79. The van der Waals surface area contributed by atoms with E-state index < -0.39 is 5.60 Å². The van der Waals surface area contributed by atoms with Gasteiger partial charge in [-0.15, -0.1) is 0 Å². The molecule has 1 N–H and O–H groups in total. The summed E-state index contributed by atoms with van der Waals surface area (Å²) in [5.74, 6) is 1.77. The second-order valence-electron chi connectivity index (χ2n) is 6.04. The Balaban J connectivity index is 2.46. The number of carbonyl (C=O) groups excluding carboxylic acids is 1. The molecule has 0 bridgehead atoms. The van der Waals surface area contributed by atoms with Crippen molar-refractivity contribution in [1.29, 1.82) is 0 Å². The molecule has 17 heavy (non-hydrogen) atoms. The number of carbonyl (C=O) groups is 1. The monoisotopic (exact) mass is 241 g/mol. The highest BCUT2D eigenvalue weighted by Gasteiger charge is 2.37. The first-order chi connectivity index (χ1) is 7.87. The van der Waals surface area contributed by atoms with Crippen molar-refractivity contribution >= 4 is 5.91 Å². The number of hydrogen-bond acceptors (Lipinski definition) is 2. The highest BCUT2D eigenvalue weighted by Crippen LogP contribution is 2.26. The van der Waals surface area contributed by atoms with Crippen LogP contribution in [0.4, 0.5) is 0 Å². The summed E-state index contributed by atoms with van der Waals surface area (Å²) >= 11 is 0. The predicted octanol–water partition coefficient (Wildman–Crippen LogP) is 2.60. The van der Waals surface area contributed by atoms with Crippen molar-refractivity contribution in [2.45, 2.75) is 53.1 Å². The Morgan fingerprint density at radius 2 is 1.88 bits per heavy atom. The van der Waals surface area contributed by atoms with Crippen LogP contribution in [0.2, 0.25) is 0 Å². The van der Waals surface area contributed by atoms with Crippen LogP contribution in [0.15, 0.2) is 0 Å². The lowest BCUT2D eigenvalue weighted by molar-refractivity contribution is -0.139. The van der Waals surface area contributed by atoms with E-state index in [1.807, 2.05) is 6.92 Å². The van der Waals surface area contributed by atoms with Gasteiger partial charge in [0, 0.05) is 13.2 Å². The van der Waals surface area contributed by atoms with E-state index >= 15 is 0 Å². The first kappa shape index (κ1) is 14.5. The molecule has 0 spiro atoms. The molecule has 0 aromatic rings. The molecule has 0 radical (unpaired) electrons. The van der Waals surface area contributed by atoms with Gasteiger partial charge in [0.25, 0.3) is 5.91 Å². The molecule has 0 saturated carbocycles. The third-order valence-corrected chi connectivity index (χ3v) is 3.91. The molecule has 3 nitrogen and oxygen atoms in total. The van der Waals surface area contributed by atoms with Crippen molar-refractivity contribution in [2.24, 2.45) is 17.8 Å². The molecule has 1 aliphatic rings. The molecule has 3 heteroatoms. The van der Waals surface area contributed by atoms with Gasteiger partial charge in [0.15, 0.2) is 0 Å². The van der Waals surface area contributed by atoms with Crippen molar-refractivity contribution in [2.75, 3.05) is 13.2 Å². The van der Waals surface area contributed by atoms with Crippen LogP contribution in [0.1, 0.15) is 47.5 Å². The van der Waals surface area contributed by atoms with Gasteiger partial charge in [0.1, 0.15) is 5.60 Å². The number of hydrogen-bond donors (Lipinski definition) is 1. The van der Waals surface area contributed by atoms with Gasteiger partial charge in [-0.1, -0.05) is 27.7 Å². The van der Waals surface area contributed by atoms with Crippen LogP contribution in [-0.2, 0) is 9.53 Å². The lowest BCUT2D eigenvalue weighted by atomic mass is 9.85. The van der Waals surface area contributed by atoms with Gasteiger partial charge < -0.3 is 10.1 Å². The van der Waals surface area contributed by atoms with Crippen molar-refractivity contribution in [3.63, 3.8) is 0 Å². The van der Waals surface area contributed by atoms with Gasteiger partial charge in [-0.25, -0.2) is 0 Å². The van der Waals surface area contributed by atoms with Crippen molar-refractivity contribution in [1.82, 2.24) is 5.32 Å². The molecule has 1 heterocycles. The van der Waals surface area contributed by atoms with E-state index in [9.17, 15) is 4.79 Å². The van der Waals surface area contributed by atoms with Crippen LogP contribution in [0.25, 0.3) is 0 Å². The third-order valence-electron chi connectivity index (χ3n) is 3.91. The van der Waals surface area contributed by atoms with E-state index in [2.05, 4.69) is 33.0 Å². The summed E-state index contributed by atoms with van der Waals surface area (Å²) in [5, 5.41) is 3.06. The molecule has 1 atom stereocenters. The zero-order chi connectivity index (χ0) is 13.1. The Morgan fingerprint density at radius 1 is 1.29 bits per heavy atom. The van der Waals surface area contributed by atoms with Crippen molar-refractivity contribution in [3.8, 4) is 0 Å². The molecule has 1 amide bonds. The third kappa shape index (κ3) is 3.70. The summed E-state index contributed by atoms with van der Waals surface area (Å²) in [6, 6.07) is 0. The highest BCUT2D eigenvalue weighted by atomic mass is 16.5. The van der Waals surface area contributed by atoms with Crippen molar-refractivity contribution in [3.05, 3.63) is 0 Å². The maximum absolute atomic E-state index is 12.1. The normalized spacial score (nSPS) is 24.9. The van der Waals surface area contributed by atoms with Crippen LogP contribution in [0.5, 0.6) is 0 Å². The highest BCUT2D eigenvalue weighted by molar-refractivity contribution is 5.84. The topological polar surface area (TPSA) is 38.3 Å². The molecule has 0 aromatic carbocycles. The molecule has 0 aliphatic carbocycles. The molecule has 1 saturated heterocycles. The number of amides is 1. The number of ether oxygens (including phenoxy) is 1. The van der Waals surface area contributed by atoms with Crippen LogP contribution >= 0.6 is 0 Å². The van der Waals surface area contributed by atoms with Gasteiger partial charge in [0.2, 0.25) is 0 Å². The number of nitrogens with one attached hydrogen (secondary N) is 1. The second kappa shape index (κ2) is 5.85. The van der Waals surface area contributed by atoms with E-state index in [1.165, 1.54) is 0 Å². The van der Waals surface area contributed by atoms with Crippen LogP contribution in [0.3, 0.4) is 0 Å². The molecule has 100 valence electrons. The van der Waals surface area contributed by atoms with E-state index in [-0.39, 0.29) is 5.91 Å². The summed E-state index contributed by atoms with van der Waals surface area (Å²) in [5.41, 5.74) is -0.585. The lowest BCUT2D eigenvalue weighted by Crippen LogP contribution is -2.46. The predicted molar refractivity (Wildman–Crippen MR) is 69.8 cm³/mol. The Kier molecular flexibility index (Phi) is 4.99. The molecule has 1 unspecified atom stereocenters. The first-order valence-electron chi connectivity index (χ1n) is 6.79. The molecule has 1 fully saturated rings. The summed E-state index contributed by atoms with van der Waals surface area (Å²) in [4.78, 5) is 12.1. The summed E-state index contributed by atoms with van der Waals surface area (Å²) in [6.45, 7) is 12.2. The Hall–Kier alpha value is -0.570. The average Bonchev–Trinajstić information content (AvgIpc) is 2.65. The molecule has 0 aromatic heterocycles. The van der Waals surface area contributed by atoms with Crippen LogP contribution in [-0.4, -0.2) is 24.7 Å². The quantitative estimate of drug-likeness (QED) is 0.803. The minimum absolute atomic E-state index is 0.0568. The van der Waals surface area contributed by atoms with Crippen LogP contribution in [0, 0.1) is 17.8 Å². The van der Waals surface area contributed by atoms with Gasteiger partial charge in [-0.3, -0.25) is 4.79 Å². The fourth-order valence-electron chi connectivity index (χ4n) is 2.60. The largest absolute Gasteiger partial charge is 0.365 e. The molecular formula is C14H27NO2. The summed E-state index contributed by atoms with van der Waals surface area (Å²) in [6.07, 6.45) is 1.83.